The van der Waals surface area contributed by atoms with Crippen LogP contribution < -0.4 is 15.5 Å². The van der Waals surface area contributed by atoms with Crippen molar-refractivity contribution in [2.75, 3.05) is 16.8 Å². The van der Waals surface area contributed by atoms with Crippen LogP contribution >= 0.6 is 11.3 Å². The smallest absolute Gasteiger partial charge is 0.262 e. The average molecular weight is 349 g/mol. The van der Waals surface area contributed by atoms with Crippen LogP contribution in [0.3, 0.4) is 0 Å². The van der Waals surface area contributed by atoms with Gasteiger partial charge in [0.15, 0.2) is 0 Å². The number of amides is 1. The molecule has 5 heteroatoms. The minimum absolute atomic E-state index is 0.0209. The lowest BCUT2D eigenvalue weighted by molar-refractivity contribution is 0.0970. The fraction of sp³-hybridized carbons (Fsp3) is 0.150. The Kier molecular flexibility index (Phi) is 4.03. The van der Waals surface area contributed by atoms with Crippen LogP contribution in [0.25, 0.3) is 0 Å². The summed E-state index contributed by atoms with van der Waals surface area (Å²) in [5.41, 5.74) is 8.36. The van der Waals surface area contributed by atoms with Gasteiger partial charge in [-0.2, -0.15) is 0 Å². The summed E-state index contributed by atoms with van der Waals surface area (Å²) in [5, 5.41) is 0. The van der Waals surface area contributed by atoms with E-state index >= 15 is 0 Å². The molecule has 1 amide bonds. The Labute approximate surface area is 151 Å². The maximum Gasteiger partial charge on any atom is 0.262 e. The molecule has 25 heavy (non-hydrogen) atoms. The number of benzene rings is 2. The van der Waals surface area contributed by atoms with Crippen LogP contribution in [0.15, 0.2) is 66.7 Å². The molecule has 0 radical (unpaired) electrons. The molecule has 0 fully saturated rings. The zero-order valence-corrected chi connectivity index (χ0v) is 14.7. The number of carbonyl (C=O) groups is 1. The van der Waals surface area contributed by atoms with Crippen molar-refractivity contribution in [1.29, 1.82) is 0 Å². The highest BCUT2D eigenvalue weighted by atomic mass is 32.1. The maximum absolute atomic E-state index is 13.3. The zero-order chi connectivity index (χ0) is 17.4. The summed E-state index contributed by atoms with van der Waals surface area (Å²) in [7, 11) is 2.04. The molecule has 0 saturated carbocycles. The van der Waals surface area contributed by atoms with Crippen LogP contribution in [0, 0.1) is 0 Å². The van der Waals surface area contributed by atoms with Gasteiger partial charge in [-0.1, -0.05) is 30.3 Å². The minimum atomic E-state index is -0.185. The van der Waals surface area contributed by atoms with Gasteiger partial charge in [0, 0.05) is 29.0 Å². The van der Waals surface area contributed by atoms with Crippen molar-refractivity contribution in [3.05, 3.63) is 82.0 Å². The van der Waals surface area contributed by atoms with E-state index < -0.39 is 0 Å². The second-order valence-corrected chi connectivity index (χ2v) is 7.22. The third-order valence-corrected chi connectivity index (χ3v) is 5.66. The van der Waals surface area contributed by atoms with Gasteiger partial charge in [0.1, 0.15) is 6.17 Å². The highest BCUT2D eigenvalue weighted by molar-refractivity contribution is 7.12. The number of rotatable bonds is 3. The topological polar surface area (TPSA) is 49.6 Å². The molecule has 1 aliphatic rings. The predicted molar refractivity (Wildman–Crippen MR) is 103 cm³/mol. The van der Waals surface area contributed by atoms with Crippen molar-refractivity contribution in [2.24, 2.45) is 5.73 Å². The van der Waals surface area contributed by atoms with Gasteiger partial charge in [0.05, 0.1) is 11.3 Å². The van der Waals surface area contributed by atoms with Crippen molar-refractivity contribution < 1.29 is 4.79 Å². The highest BCUT2D eigenvalue weighted by Gasteiger charge is 2.38. The predicted octanol–water partition coefficient (Wildman–Crippen LogP) is 4.00. The molecule has 1 aliphatic heterocycles. The number of nitrogens with zero attached hydrogens (tertiary/aromatic N) is 2. The standard InChI is InChI=1S/C20H19N3OS/c1-22-17-10-6-5-9-16(17)20(24)23(14-7-3-2-4-8-14)19(22)18-12-11-15(13-21)25-18/h2-12,19H,13,21H2,1H3. The van der Waals surface area contributed by atoms with E-state index in [9.17, 15) is 4.79 Å². The molecule has 2 heterocycles. The largest absolute Gasteiger partial charge is 0.349 e. The van der Waals surface area contributed by atoms with Crippen molar-refractivity contribution in [3.63, 3.8) is 0 Å². The van der Waals surface area contributed by atoms with Gasteiger partial charge in [-0.15, -0.1) is 11.3 Å². The van der Waals surface area contributed by atoms with E-state index in [1.807, 2.05) is 72.6 Å². The lowest BCUT2D eigenvalue weighted by atomic mass is 10.0. The summed E-state index contributed by atoms with van der Waals surface area (Å²) >= 11 is 1.66. The quantitative estimate of drug-likeness (QED) is 0.777. The van der Waals surface area contributed by atoms with Crippen LogP contribution in [-0.4, -0.2) is 13.0 Å². The molecule has 2 aromatic carbocycles. The number of para-hydroxylation sites is 2. The molecule has 1 aromatic heterocycles. The maximum atomic E-state index is 13.3. The molecule has 3 aromatic rings. The molecule has 0 bridgehead atoms. The van der Waals surface area contributed by atoms with Gasteiger partial charge in [0.2, 0.25) is 0 Å². The van der Waals surface area contributed by atoms with Crippen molar-refractivity contribution >= 4 is 28.6 Å². The fourth-order valence-corrected chi connectivity index (χ4v) is 4.34. The van der Waals surface area contributed by atoms with E-state index in [0.717, 1.165) is 26.7 Å². The molecule has 0 saturated heterocycles. The van der Waals surface area contributed by atoms with Crippen LogP contribution in [0.1, 0.15) is 26.3 Å². The molecule has 2 N–H and O–H groups in total. The SMILES string of the molecule is CN1c2ccccc2C(=O)N(c2ccccc2)C1c1ccc(CN)s1. The number of fused-ring (bicyclic) bond motifs is 1. The van der Waals surface area contributed by atoms with Gasteiger partial charge in [0.25, 0.3) is 5.91 Å². The number of nitrogens with two attached hydrogens (primary N) is 1. The van der Waals surface area contributed by atoms with Crippen LogP contribution in [0.4, 0.5) is 11.4 Å². The summed E-state index contributed by atoms with van der Waals surface area (Å²) in [6, 6.07) is 21.7. The van der Waals surface area contributed by atoms with Crippen LogP contribution in [0.2, 0.25) is 0 Å². The number of hydrogen-bond acceptors (Lipinski definition) is 4. The summed E-state index contributed by atoms with van der Waals surface area (Å²) in [4.78, 5) is 19.6. The van der Waals surface area contributed by atoms with Crippen molar-refractivity contribution in [3.8, 4) is 0 Å². The zero-order valence-electron chi connectivity index (χ0n) is 13.9. The Balaban J connectivity index is 1.90. The van der Waals surface area contributed by atoms with E-state index in [1.54, 1.807) is 11.3 Å². The number of thiophene rings is 1. The molecule has 0 aliphatic carbocycles. The average Bonchev–Trinajstić information content (AvgIpc) is 3.14. The van der Waals surface area contributed by atoms with Crippen molar-refractivity contribution in [1.82, 2.24) is 0 Å². The Morgan fingerprint density at radius 2 is 1.72 bits per heavy atom. The number of anilines is 2. The highest BCUT2D eigenvalue weighted by Crippen LogP contribution is 2.42. The van der Waals surface area contributed by atoms with E-state index in [1.165, 1.54) is 0 Å². The van der Waals surface area contributed by atoms with Crippen LogP contribution in [0.5, 0.6) is 0 Å². The van der Waals surface area contributed by atoms with Crippen molar-refractivity contribution in [2.45, 2.75) is 12.7 Å². The normalized spacial score (nSPS) is 16.9. The summed E-state index contributed by atoms with van der Waals surface area (Å²) < 4.78 is 0. The first-order valence-electron chi connectivity index (χ1n) is 8.20. The molecule has 4 nitrogen and oxygen atoms in total. The number of carbonyl (C=O) groups excluding carboxylic acids is 1. The third-order valence-electron chi connectivity index (χ3n) is 4.52. The molecule has 4 rings (SSSR count). The summed E-state index contributed by atoms with van der Waals surface area (Å²) in [6.07, 6.45) is -0.185. The van der Waals surface area contributed by atoms with Gasteiger partial charge in [-0.25, -0.2) is 0 Å². The Morgan fingerprint density at radius 3 is 2.44 bits per heavy atom. The third kappa shape index (κ3) is 2.62. The van der Waals surface area contributed by atoms with E-state index in [0.29, 0.717) is 6.54 Å². The summed E-state index contributed by atoms with van der Waals surface area (Å²) in [5.74, 6) is 0.0209. The first kappa shape index (κ1) is 15.9. The lowest BCUT2D eigenvalue weighted by Crippen LogP contribution is -2.47. The van der Waals surface area contributed by atoms with Gasteiger partial charge in [-0.05, 0) is 36.4 Å². The second-order valence-electron chi connectivity index (χ2n) is 6.02. The molecular weight excluding hydrogens is 330 g/mol. The van der Waals surface area contributed by atoms with E-state index in [2.05, 4.69) is 11.0 Å². The van der Waals surface area contributed by atoms with Gasteiger partial charge >= 0.3 is 0 Å². The Morgan fingerprint density at radius 1 is 1.00 bits per heavy atom. The molecule has 1 unspecified atom stereocenters. The molecule has 126 valence electrons. The lowest BCUT2D eigenvalue weighted by Gasteiger charge is -2.43. The molecule has 1 atom stereocenters. The molecule has 0 spiro atoms. The Bertz CT molecular complexity index is 906. The first-order chi connectivity index (χ1) is 12.2. The first-order valence-corrected chi connectivity index (χ1v) is 9.01. The van der Waals surface area contributed by atoms with Crippen LogP contribution in [-0.2, 0) is 6.54 Å². The summed E-state index contributed by atoms with van der Waals surface area (Å²) in [6.45, 7) is 0.511. The fourth-order valence-electron chi connectivity index (χ4n) is 3.32. The van der Waals surface area contributed by atoms with E-state index in [-0.39, 0.29) is 12.1 Å². The molecular formula is C20H19N3OS. The van der Waals surface area contributed by atoms with Gasteiger partial charge in [-0.3, -0.25) is 9.69 Å². The Hall–Kier alpha value is -2.63. The second kappa shape index (κ2) is 6.35. The van der Waals surface area contributed by atoms with E-state index in [4.69, 9.17) is 5.73 Å². The number of hydrogen-bond donors (Lipinski definition) is 1. The monoisotopic (exact) mass is 349 g/mol. The minimum Gasteiger partial charge on any atom is -0.349 e. The van der Waals surface area contributed by atoms with Gasteiger partial charge < -0.3 is 10.6 Å².